The highest BCUT2D eigenvalue weighted by molar-refractivity contribution is 5.91. The van der Waals surface area contributed by atoms with Crippen molar-refractivity contribution in [1.29, 1.82) is 0 Å². The van der Waals surface area contributed by atoms with E-state index in [4.69, 9.17) is 4.74 Å². The van der Waals surface area contributed by atoms with E-state index in [1.54, 1.807) is 0 Å². The molecule has 0 aromatic carbocycles. The Bertz CT molecular complexity index is 726. The second-order valence-electron chi connectivity index (χ2n) is 11.1. The van der Waals surface area contributed by atoms with E-state index in [0.717, 1.165) is 25.7 Å². The molecule has 0 amide bonds. The van der Waals surface area contributed by atoms with Gasteiger partial charge in [0.05, 0.1) is 12.7 Å². The maximum absolute atomic E-state index is 12.1. The third-order valence-corrected chi connectivity index (χ3v) is 9.72. The predicted molar refractivity (Wildman–Crippen MR) is 112 cm³/mol. The first-order chi connectivity index (χ1) is 13.6. The molecule has 4 rings (SSSR count). The lowest BCUT2D eigenvalue weighted by molar-refractivity contribution is -0.146. The van der Waals surface area contributed by atoms with E-state index in [1.807, 2.05) is 6.08 Å². The van der Waals surface area contributed by atoms with Gasteiger partial charge in [0, 0.05) is 19.3 Å². The van der Waals surface area contributed by atoms with Gasteiger partial charge in [0.15, 0.2) is 5.78 Å². The average Bonchev–Trinajstić information content (AvgIpc) is 3.02. The van der Waals surface area contributed by atoms with Crippen LogP contribution in [0.2, 0.25) is 0 Å². The van der Waals surface area contributed by atoms with Gasteiger partial charge in [-0.25, -0.2) is 0 Å². The van der Waals surface area contributed by atoms with E-state index in [0.29, 0.717) is 42.6 Å². The fourth-order valence-corrected chi connectivity index (χ4v) is 8.26. The van der Waals surface area contributed by atoms with E-state index < -0.39 is 0 Å². The van der Waals surface area contributed by atoms with E-state index >= 15 is 0 Å². The van der Waals surface area contributed by atoms with Gasteiger partial charge >= 0.3 is 5.97 Å². The topological polar surface area (TPSA) is 63.6 Å². The van der Waals surface area contributed by atoms with Crippen molar-refractivity contribution >= 4 is 11.8 Å². The van der Waals surface area contributed by atoms with Gasteiger partial charge < -0.3 is 9.84 Å². The Hall–Kier alpha value is -1.16. The van der Waals surface area contributed by atoms with Gasteiger partial charge in [0.1, 0.15) is 0 Å². The molecule has 1 N–H and O–H groups in total. The SMILES string of the molecule is CC(=O)OC[C@@H](C)[C@H]1CCC2C3C(CC[C@@]21C)[C@@]1(C)CCC(=O)C=C1C(C)[C@H]3O. The van der Waals surface area contributed by atoms with Crippen LogP contribution in [0.1, 0.15) is 73.1 Å². The van der Waals surface area contributed by atoms with Gasteiger partial charge in [0.2, 0.25) is 0 Å². The number of rotatable bonds is 3. The Kier molecular flexibility index (Phi) is 5.25. The molecular formula is C25H38O4. The van der Waals surface area contributed by atoms with Crippen molar-refractivity contribution < 1.29 is 19.4 Å². The average molecular weight is 403 g/mol. The minimum Gasteiger partial charge on any atom is -0.466 e. The van der Waals surface area contributed by atoms with E-state index in [2.05, 4.69) is 27.7 Å². The minimum absolute atomic E-state index is 0.0556. The Morgan fingerprint density at radius 3 is 2.66 bits per heavy atom. The molecule has 0 spiro atoms. The van der Waals surface area contributed by atoms with Crippen molar-refractivity contribution in [2.45, 2.75) is 79.2 Å². The van der Waals surface area contributed by atoms with Crippen LogP contribution in [0.4, 0.5) is 0 Å². The van der Waals surface area contributed by atoms with E-state index in [-0.39, 0.29) is 34.6 Å². The fourth-order valence-electron chi connectivity index (χ4n) is 8.26. The summed E-state index contributed by atoms with van der Waals surface area (Å²) in [5, 5.41) is 11.5. The molecule has 4 heteroatoms. The summed E-state index contributed by atoms with van der Waals surface area (Å²) in [4.78, 5) is 23.4. The molecule has 3 saturated carbocycles. The van der Waals surface area contributed by atoms with Gasteiger partial charge in [-0.3, -0.25) is 9.59 Å². The Labute approximate surface area is 175 Å². The van der Waals surface area contributed by atoms with Crippen molar-refractivity contribution in [1.82, 2.24) is 0 Å². The zero-order valence-corrected chi connectivity index (χ0v) is 18.7. The number of fused-ring (bicyclic) bond motifs is 5. The summed E-state index contributed by atoms with van der Waals surface area (Å²) in [5.41, 5.74) is 1.47. The summed E-state index contributed by atoms with van der Waals surface area (Å²) in [6, 6.07) is 0. The molecule has 4 aliphatic rings. The number of ether oxygens (including phenoxy) is 1. The molecule has 0 heterocycles. The predicted octanol–water partition coefficient (Wildman–Crippen LogP) is 4.55. The molecule has 3 fully saturated rings. The largest absolute Gasteiger partial charge is 0.466 e. The minimum atomic E-state index is -0.364. The van der Waals surface area contributed by atoms with E-state index in [1.165, 1.54) is 18.9 Å². The van der Waals surface area contributed by atoms with Crippen LogP contribution in [0.3, 0.4) is 0 Å². The van der Waals surface area contributed by atoms with Crippen molar-refractivity contribution in [3.8, 4) is 0 Å². The molecule has 0 radical (unpaired) electrons. The molecule has 4 nitrogen and oxygen atoms in total. The lowest BCUT2D eigenvalue weighted by Gasteiger charge is -2.61. The molecule has 29 heavy (non-hydrogen) atoms. The first-order valence-corrected chi connectivity index (χ1v) is 11.7. The van der Waals surface area contributed by atoms with Gasteiger partial charge in [-0.2, -0.15) is 0 Å². The van der Waals surface area contributed by atoms with Gasteiger partial charge in [-0.1, -0.05) is 33.3 Å². The summed E-state index contributed by atoms with van der Waals surface area (Å²) in [7, 11) is 0. The smallest absolute Gasteiger partial charge is 0.302 e. The zero-order valence-electron chi connectivity index (χ0n) is 18.7. The highest BCUT2D eigenvalue weighted by Crippen LogP contribution is 2.68. The van der Waals surface area contributed by atoms with Crippen molar-refractivity contribution in [3.63, 3.8) is 0 Å². The first-order valence-electron chi connectivity index (χ1n) is 11.7. The number of ketones is 1. The molecule has 0 aromatic heterocycles. The number of aliphatic hydroxyl groups is 1. The molecule has 4 unspecified atom stereocenters. The summed E-state index contributed by atoms with van der Waals surface area (Å²) in [6.07, 6.45) is 7.71. The number of esters is 1. The highest BCUT2D eigenvalue weighted by atomic mass is 16.5. The Morgan fingerprint density at radius 1 is 1.24 bits per heavy atom. The zero-order chi connectivity index (χ0) is 21.1. The molecule has 0 bridgehead atoms. The Morgan fingerprint density at radius 2 is 1.97 bits per heavy atom. The normalized spacial score (nSPS) is 47.5. The molecule has 162 valence electrons. The third kappa shape index (κ3) is 3.12. The summed E-state index contributed by atoms with van der Waals surface area (Å²) in [5.74, 6) is 2.27. The number of aliphatic hydroxyl groups excluding tert-OH is 1. The highest BCUT2D eigenvalue weighted by Gasteiger charge is 2.63. The molecule has 4 aliphatic carbocycles. The number of carbonyl (C=O) groups is 2. The van der Waals surface area contributed by atoms with Crippen LogP contribution in [0.25, 0.3) is 0 Å². The number of hydrogen-bond donors (Lipinski definition) is 1. The number of carbonyl (C=O) groups excluding carboxylic acids is 2. The standard InChI is InChI=1S/C25H38O4/c1-14(13-29-16(3)26)18-6-7-19-22-20(9-11-24(18,19)4)25(5)10-8-17(27)12-21(25)15(2)23(22)28/h12,14-15,18-20,22-23,28H,6-11,13H2,1-5H3/t14-,15?,18-,19?,20?,22?,23-,24-,25-/m1/s1. The third-order valence-electron chi connectivity index (χ3n) is 9.72. The maximum Gasteiger partial charge on any atom is 0.302 e. The van der Waals surface area contributed by atoms with Crippen LogP contribution in [-0.2, 0) is 14.3 Å². The van der Waals surface area contributed by atoms with Crippen LogP contribution in [0.15, 0.2) is 11.6 Å². The van der Waals surface area contributed by atoms with Crippen LogP contribution < -0.4 is 0 Å². The van der Waals surface area contributed by atoms with Crippen molar-refractivity contribution in [2.24, 2.45) is 46.3 Å². The van der Waals surface area contributed by atoms with Crippen LogP contribution in [0, 0.1) is 46.3 Å². The lowest BCUT2D eigenvalue weighted by Crippen LogP contribution is -2.58. The van der Waals surface area contributed by atoms with Crippen LogP contribution in [0.5, 0.6) is 0 Å². The van der Waals surface area contributed by atoms with Crippen LogP contribution in [-0.4, -0.2) is 29.6 Å². The van der Waals surface area contributed by atoms with Gasteiger partial charge in [0.25, 0.3) is 0 Å². The van der Waals surface area contributed by atoms with Gasteiger partial charge in [-0.15, -0.1) is 0 Å². The fraction of sp³-hybridized carbons (Fsp3) is 0.840. The van der Waals surface area contributed by atoms with E-state index in [9.17, 15) is 14.7 Å². The lowest BCUT2D eigenvalue weighted by atomic mass is 9.44. The molecule has 0 aliphatic heterocycles. The molecule has 0 aromatic rings. The Balaban J connectivity index is 1.63. The number of hydrogen-bond acceptors (Lipinski definition) is 4. The molecule has 0 saturated heterocycles. The summed E-state index contributed by atoms with van der Waals surface area (Å²) in [6.45, 7) is 11.1. The van der Waals surface area contributed by atoms with Crippen molar-refractivity contribution in [2.75, 3.05) is 6.61 Å². The summed E-state index contributed by atoms with van der Waals surface area (Å²) < 4.78 is 5.35. The maximum atomic E-state index is 12.1. The molecule has 9 atom stereocenters. The summed E-state index contributed by atoms with van der Waals surface area (Å²) >= 11 is 0. The monoisotopic (exact) mass is 402 g/mol. The quantitative estimate of drug-likeness (QED) is 0.704. The van der Waals surface area contributed by atoms with Crippen molar-refractivity contribution in [3.05, 3.63) is 11.6 Å². The first kappa shape index (κ1) is 21.1. The van der Waals surface area contributed by atoms with Crippen LogP contribution >= 0.6 is 0 Å². The van der Waals surface area contributed by atoms with Gasteiger partial charge in [-0.05, 0) is 78.6 Å². The second kappa shape index (κ2) is 7.21. The molecular weight excluding hydrogens is 364 g/mol. The second-order valence-corrected chi connectivity index (χ2v) is 11.1.